The zero-order valence-electron chi connectivity index (χ0n) is 18.2. The van der Waals surface area contributed by atoms with Gasteiger partial charge < -0.3 is 15.5 Å². The molecule has 1 aliphatic heterocycles. The van der Waals surface area contributed by atoms with E-state index in [2.05, 4.69) is 5.32 Å². The molecule has 0 bridgehead atoms. The highest BCUT2D eigenvalue weighted by atomic mass is 16.4. The Morgan fingerprint density at radius 2 is 1.32 bits per heavy atom. The number of carboxylic acid groups (broad SMARTS) is 2. The lowest BCUT2D eigenvalue weighted by Crippen LogP contribution is -2.54. The van der Waals surface area contributed by atoms with Crippen LogP contribution in [-0.2, 0) is 4.79 Å². The summed E-state index contributed by atoms with van der Waals surface area (Å²) in [6.07, 6.45) is 0. The summed E-state index contributed by atoms with van der Waals surface area (Å²) in [5.41, 5.74) is -0.143. The van der Waals surface area contributed by atoms with Gasteiger partial charge in [-0.2, -0.15) is 0 Å². The molecule has 1 aliphatic rings. The van der Waals surface area contributed by atoms with Crippen molar-refractivity contribution in [3.05, 3.63) is 76.9 Å². The van der Waals surface area contributed by atoms with E-state index in [1.807, 2.05) is 0 Å². The fourth-order valence-electron chi connectivity index (χ4n) is 4.18. The highest BCUT2D eigenvalue weighted by Gasteiger charge is 2.42. The van der Waals surface area contributed by atoms with E-state index >= 15 is 0 Å². The van der Waals surface area contributed by atoms with Gasteiger partial charge in [-0.25, -0.2) is 9.59 Å². The number of amides is 3. The molecule has 0 saturated heterocycles. The molecular weight excluding hydrogens is 440 g/mol. The van der Waals surface area contributed by atoms with Crippen molar-refractivity contribution < 1.29 is 34.2 Å². The van der Waals surface area contributed by atoms with Gasteiger partial charge in [-0.15, -0.1) is 0 Å². The molecule has 9 heteroatoms. The van der Waals surface area contributed by atoms with Crippen LogP contribution in [0.2, 0.25) is 0 Å². The first-order valence-electron chi connectivity index (χ1n) is 10.4. The summed E-state index contributed by atoms with van der Waals surface area (Å²) in [6, 6.07) is 12.1. The number of imide groups is 1. The maximum Gasteiger partial charge on any atom is 0.335 e. The van der Waals surface area contributed by atoms with Gasteiger partial charge in [0.05, 0.1) is 11.1 Å². The van der Waals surface area contributed by atoms with Crippen LogP contribution in [-0.4, -0.2) is 50.8 Å². The van der Waals surface area contributed by atoms with Crippen LogP contribution < -0.4 is 5.32 Å². The molecule has 0 radical (unpaired) electrons. The predicted octanol–water partition coefficient (Wildman–Crippen LogP) is 3.50. The van der Waals surface area contributed by atoms with Crippen molar-refractivity contribution in [3.8, 4) is 0 Å². The maximum absolute atomic E-state index is 13.4. The summed E-state index contributed by atoms with van der Waals surface area (Å²) in [7, 11) is 0. The Morgan fingerprint density at radius 3 is 1.76 bits per heavy atom. The summed E-state index contributed by atoms with van der Waals surface area (Å²) >= 11 is 0. The minimum atomic E-state index is -1.37. The number of nitrogens with one attached hydrogen (secondary N) is 1. The van der Waals surface area contributed by atoms with Crippen molar-refractivity contribution >= 4 is 46.1 Å². The first kappa shape index (κ1) is 22.7. The molecule has 3 N–H and O–H groups in total. The van der Waals surface area contributed by atoms with Gasteiger partial charge in [0.25, 0.3) is 11.8 Å². The monoisotopic (exact) mass is 460 g/mol. The second kappa shape index (κ2) is 8.43. The molecule has 3 aromatic rings. The van der Waals surface area contributed by atoms with E-state index in [0.717, 1.165) is 28.5 Å². The molecule has 0 aliphatic carbocycles. The van der Waals surface area contributed by atoms with E-state index < -0.39 is 41.6 Å². The molecule has 0 saturated carbocycles. The van der Waals surface area contributed by atoms with Gasteiger partial charge in [-0.1, -0.05) is 38.1 Å². The van der Waals surface area contributed by atoms with Gasteiger partial charge in [-0.3, -0.25) is 19.3 Å². The molecule has 9 nitrogen and oxygen atoms in total. The molecular formula is C25H20N2O7. The predicted molar refractivity (Wildman–Crippen MR) is 122 cm³/mol. The van der Waals surface area contributed by atoms with Gasteiger partial charge in [0.1, 0.15) is 6.04 Å². The molecule has 3 amide bonds. The third-order valence-corrected chi connectivity index (χ3v) is 5.68. The molecule has 0 fully saturated rings. The summed E-state index contributed by atoms with van der Waals surface area (Å²) < 4.78 is 0. The van der Waals surface area contributed by atoms with E-state index in [9.17, 15) is 34.2 Å². The Bertz CT molecular complexity index is 1310. The summed E-state index contributed by atoms with van der Waals surface area (Å²) in [4.78, 5) is 63.8. The van der Waals surface area contributed by atoms with Gasteiger partial charge in [-0.05, 0) is 41.6 Å². The minimum absolute atomic E-state index is 0.0765. The largest absolute Gasteiger partial charge is 0.478 e. The minimum Gasteiger partial charge on any atom is -0.478 e. The lowest BCUT2D eigenvalue weighted by atomic mass is 9.91. The quantitative estimate of drug-likeness (QED) is 0.478. The Morgan fingerprint density at radius 1 is 0.824 bits per heavy atom. The van der Waals surface area contributed by atoms with Gasteiger partial charge in [0.15, 0.2) is 0 Å². The molecule has 1 heterocycles. The molecule has 172 valence electrons. The number of hydrogen-bond acceptors (Lipinski definition) is 5. The third-order valence-electron chi connectivity index (χ3n) is 5.68. The SMILES string of the molecule is CC(C)[C@@H](C(=O)Nc1cc(C(=O)O)cc(C(=O)O)c1)N1C(=O)c2cccc3cccc(c23)C1=O. The average Bonchev–Trinajstić information content (AvgIpc) is 2.79. The van der Waals surface area contributed by atoms with Gasteiger partial charge in [0, 0.05) is 22.2 Å². The molecule has 1 atom stereocenters. The third kappa shape index (κ3) is 3.77. The highest BCUT2D eigenvalue weighted by molar-refractivity contribution is 6.26. The van der Waals surface area contributed by atoms with Crippen LogP contribution in [0.5, 0.6) is 0 Å². The number of aromatic carboxylic acids is 2. The molecule has 0 aromatic heterocycles. The van der Waals surface area contributed by atoms with Crippen molar-refractivity contribution in [2.45, 2.75) is 19.9 Å². The topological polar surface area (TPSA) is 141 Å². The van der Waals surface area contributed by atoms with Crippen LogP contribution in [0.15, 0.2) is 54.6 Å². The van der Waals surface area contributed by atoms with E-state index in [0.29, 0.717) is 16.5 Å². The van der Waals surface area contributed by atoms with Crippen LogP contribution >= 0.6 is 0 Å². The highest BCUT2D eigenvalue weighted by Crippen LogP contribution is 2.32. The first-order valence-corrected chi connectivity index (χ1v) is 10.4. The summed E-state index contributed by atoms with van der Waals surface area (Å²) in [5, 5.41) is 22.3. The number of carboxylic acids is 2. The Labute approximate surface area is 193 Å². The number of hydrogen-bond donors (Lipinski definition) is 3. The van der Waals surface area contributed by atoms with Crippen LogP contribution in [0.25, 0.3) is 10.8 Å². The zero-order valence-corrected chi connectivity index (χ0v) is 18.2. The van der Waals surface area contributed by atoms with Crippen molar-refractivity contribution in [3.63, 3.8) is 0 Å². The lowest BCUT2D eigenvalue weighted by Gasteiger charge is -2.35. The number of carbonyl (C=O) groups is 5. The Kier molecular flexibility index (Phi) is 5.62. The summed E-state index contributed by atoms with van der Waals surface area (Å²) in [6.45, 7) is 3.34. The van der Waals surface area contributed by atoms with Crippen molar-refractivity contribution in [2.24, 2.45) is 5.92 Å². The first-order chi connectivity index (χ1) is 16.1. The standard InChI is InChI=1S/C25H20N2O7/c1-12(2)20(21(28)26-16-10-14(24(31)32)9-15(11-16)25(33)34)27-22(29)17-7-3-5-13-6-4-8-18(19(13)17)23(27)30/h3-12,20H,1-2H3,(H,26,28)(H,31,32)(H,33,34)/t20-/m0/s1. The van der Waals surface area contributed by atoms with Crippen LogP contribution in [0.1, 0.15) is 55.3 Å². The van der Waals surface area contributed by atoms with Gasteiger partial charge >= 0.3 is 11.9 Å². The fraction of sp³-hybridized carbons (Fsp3) is 0.160. The molecule has 0 spiro atoms. The fourth-order valence-corrected chi connectivity index (χ4v) is 4.18. The van der Waals surface area contributed by atoms with Crippen LogP contribution in [0, 0.1) is 5.92 Å². The normalized spacial score (nSPS) is 13.8. The van der Waals surface area contributed by atoms with Crippen molar-refractivity contribution in [1.82, 2.24) is 4.90 Å². The number of rotatable bonds is 6. The van der Waals surface area contributed by atoms with E-state index in [1.54, 1.807) is 50.2 Å². The van der Waals surface area contributed by atoms with Crippen LogP contribution in [0.3, 0.4) is 0 Å². The molecule has 3 aromatic carbocycles. The Hall–Kier alpha value is -4.53. The smallest absolute Gasteiger partial charge is 0.335 e. The van der Waals surface area contributed by atoms with Gasteiger partial charge in [0.2, 0.25) is 5.91 Å². The van der Waals surface area contributed by atoms with E-state index in [1.165, 1.54) is 0 Å². The number of anilines is 1. The van der Waals surface area contributed by atoms with Crippen LogP contribution in [0.4, 0.5) is 5.69 Å². The van der Waals surface area contributed by atoms with E-state index in [4.69, 9.17) is 0 Å². The second-order valence-corrected chi connectivity index (χ2v) is 8.28. The van der Waals surface area contributed by atoms with E-state index in [-0.39, 0.29) is 16.8 Å². The lowest BCUT2D eigenvalue weighted by molar-refractivity contribution is -0.121. The molecule has 4 rings (SSSR count). The molecule has 34 heavy (non-hydrogen) atoms. The number of carbonyl (C=O) groups excluding carboxylic acids is 3. The number of benzene rings is 3. The summed E-state index contributed by atoms with van der Waals surface area (Å²) in [5.74, 6) is -5.22. The average molecular weight is 460 g/mol. The maximum atomic E-state index is 13.4. The van der Waals surface area contributed by atoms with Crippen molar-refractivity contribution in [1.29, 1.82) is 0 Å². The van der Waals surface area contributed by atoms with Crippen molar-refractivity contribution in [2.75, 3.05) is 5.32 Å². The number of nitrogens with zero attached hydrogens (tertiary/aromatic N) is 1. The second-order valence-electron chi connectivity index (χ2n) is 8.28. The zero-order chi connectivity index (χ0) is 24.7. The Balaban J connectivity index is 1.74. The molecule has 0 unspecified atom stereocenters.